The van der Waals surface area contributed by atoms with Crippen LogP contribution in [-0.2, 0) is 4.79 Å². The van der Waals surface area contributed by atoms with E-state index in [-0.39, 0.29) is 23.2 Å². The van der Waals surface area contributed by atoms with Gasteiger partial charge in [-0.2, -0.15) is 0 Å². The van der Waals surface area contributed by atoms with Crippen molar-refractivity contribution in [3.8, 4) is 0 Å². The minimum Gasteiger partial charge on any atom is -0.481 e. The standard InChI is InChI=1S/C16H19N3O3/c1-15-5-4-9(7-11(15)14(21)22)16(8-15)18-12-10(13(20)19-16)3-2-6-17-12/h2-3,6,9,11H,4-5,7-8H2,1H3,(H,17,18)(H,19,20)(H,21,22)/t9-,11-,15-,16+/m0/s1. The van der Waals surface area contributed by atoms with E-state index in [1.54, 1.807) is 18.3 Å². The van der Waals surface area contributed by atoms with E-state index in [4.69, 9.17) is 0 Å². The van der Waals surface area contributed by atoms with E-state index in [0.717, 1.165) is 12.8 Å². The number of carbonyl (C=O) groups is 2. The Morgan fingerprint density at radius 2 is 2.27 bits per heavy atom. The number of carboxylic acids is 1. The van der Waals surface area contributed by atoms with Crippen LogP contribution in [0.4, 0.5) is 5.82 Å². The molecule has 2 heterocycles. The Morgan fingerprint density at radius 3 is 3.00 bits per heavy atom. The summed E-state index contributed by atoms with van der Waals surface area (Å²) in [5, 5.41) is 16.0. The third-order valence-electron chi connectivity index (χ3n) is 5.83. The van der Waals surface area contributed by atoms with Crippen molar-refractivity contribution in [1.29, 1.82) is 0 Å². The van der Waals surface area contributed by atoms with E-state index in [0.29, 0.717) is 24.2 Å². The predicted octanol–water partition coefficient (Wildman–Crippen LogP) is 1.84. The molecule has 3 N–H and O–H groups in total. The first-order chi connectivity index (χ1) is 10.4. The van der Waals surface area contributed by atoms with Crippen LogP contribution in [0.5, 0.6) is 0 Å². The van der Waals surface area contributed by atoms with Gasteiger partial charge in [-0.05, 0) is 43.2 Å². The van der Waals surface area contributed by atoms with E-state index < -0.39 is 11.6 Å². The number of rotatable bonds is 1. The summed E-state index contributed by atoms with van der Waals surface area (Å²) in [6.07, 6.45) is 4.71. The Labute approximate surface area is 128 Å². The largest absolute Gasteiger partial charge is 0.481 e. The zero-order valence-electron chi connectivity index (χ0n) is 12.4. The van der Waals surface area contributed by atoms with Crippen LogP contribution in [0.3, 0.4) is 0 Å². The monoisotopic (exact) mass is 301 g/mol. The molecule has 3 saturated carbocycles. The van der Waals surface area contributed by atoms with Crippen LogP contribution in [0, 0.1) is 17.3 Å². The summed E-state index contributed by atoms with van der Waals surface area (Å²) in [6, 6.07) is 3.49. The van der Waals surface area contributed by atoms with Crippen molar-refractivity contribution in [2.24, 2.45) is 17.3 Å². The molecule has 4 aliphatic rings. The second-order valence-corrected chi connectivity index (χ2v) is 7.14. The number of fused-ring (bicyclic) bond motifs is 3. The summed E-state index contributed by atoms with van der Waals surface area (Å²) in [5.41, 5.74) is -0.306. The first-order valence-electron chi connectivity index (χ1n) is 7.72. The predicted molar refractivity (Wildman–Crippen MR) is 79.2 cm³/mol. The zero-order chi connectivity index (χ0) is 15.5. The Morgan fingerprint density at radius 1 is 1.45 bits per heavy atom. The van der Waals surface area contributed by atoms with Crippen molar-refractivity contribution in [3.63, 3.8) is 0 Å². The molecule has 22 heavy (non-hydrogen) atoms. The number of pyridine rings is 1. The third kappa shape index (κ3) is 1.69. The van der Waals surface area contributed by atoms with Crippen molar-refractivity contribution >= 4 is 17.7 Å². The average molecular weight is 301 g/mol. The van der Waals surface area contributed by atoms with E-state index in [2.05, 4.69) is 15.6 Å². The molecule has 0 radical (unpaired) electrons. The van der Waals surface area contributed by atoms with Crippen LogP contribution in [0.15, 0.2) is 18.3 Å². The fraction of sp³-hybridized carbons (Fsp3) is 0.562. The third-order valence-corrected chi connectivity index (χ3v) is 5.83. The van der Waals surface area contributed by atoms with Gasteiger partial charge in [-0.15, -0.1) is 0 Å². The average Bonchev–Trinajstić information content (AvgIpc) is 2.46. The van der Waals surface area contributed by atoms with Crippen molar-refractivity contribution in [2.45, 2.75) is 38.3 Å². The SMILES string of the molecule is C[C@@]12CC[C@@H](C[C@H]1C(=O)O)[C@@]1(C2)NC(=O)c2cccnc2N1. The highest BCUT2D eigenvalue weighted by atomic mass is 16.4. The summed E-state index contributed by atoms with van der Waals surface area (Å²) in [5.74, 6) is -0.447. The molecule has 1 aromatic rings. The van der Waals surface area contributed by atoms with Crippen LogP contribution < -0.4 is 10.6 Å². The number of aromatic nitrogens is 1. The number of carbonyl (C=O) groups excluding carboxylic acids is 1. The Hall–Kier alpha value is -2.11. The number of aliphatic carboxylic acids is 1. The Kier molecular flexibility index (Phi) is 2.59. The lowest BCUT2D eigenvalue weighted by atomic mass is 9.51. The van der Waals surface area contributed by atoms with Crippen LogP contribution in [0.2, 0.25) is 0 Å². The number of amides is 1. The maximum absolute atomic E-state index is 12.4. The lowest BCUT2D eigenvalue weighted by Crippen LogP contribution is -2.69. The van der Waals surface area contributed by atoms with Crippen LogP contribution in [-0.4, -0.2) is 27.6 Å². The van der Waals surface area contributed by atoms with Gasteiger partial charge in [0.1, 0.15) is 11.5 Å². The van der Waals surface area contributed by atoms with Gasteiger partial charge in [0.15, 0.2) is 0 Å². The first-order valence-corrected chi connectivity index (χ1v) is 7.72. The van der Waals surface area contributed by atoms with Crippen LogP contribution in [0.25, 0.3) is 0 Å². The van der Waals surface area contributed by atoms with Gasteiger partial charge < -0.3 is 15.7 Å². The molecule has 3 fully saturated rings. The van der Waals surface area contributed by atoms with E-state index in [1.165, 1.54) is 0 Å². The second kappa shape index (κ2) is 4.21. The molecule has 6 nitrogen and oxygen atoms in total. The minimum absolute atomic E-state index is 0.120. The van der Waals surface area contributed by atoms with Gasteiger partial charge in [-0.25, -0.2) is 4.98 Å². The maximum Gasteiger partial charge on any atom is 0.307 e. The fourth-order valence-electron chi connectivity index (χ4n) is 4.70. The second-order valence-electron chi connectivity index (χ2n) is 7.14. The molecule has 0 aromatic carbocycles. The van der Waals surface area contributed by atoms with Gasteiger partial charge in [0, 0.05) is 12.1 Å². The molecule has 5 rings (SSSR count). The van der Waals surface area contributed by atoms with Crippen molar-refractivity contribution in [1.82, 2.24) is 10.3 Å². The van der Waals surface area contributed by atoms with E-state index >= 15 is 0 Å². The Bertz CT molecular complexity index is 676. The molecule has 2 bridgehead atoms. The number of hydrogen-bond donors (Lipinski definition) is 3. The summed E-state index contributed by atoms with van der Waals surface area (Å²) >= 11 is 0. The van der Waals surface area contributed by atoms with E-state index in [1.807, 2.05) is 6.92 Å². The molecule has 0 saturated heterocycles. The lowest BCUT2D eigenvalue weighted by Gasteiger charge is -2.60. The van der Waals surface area contributed by atoms with Gasteiger partial charge in [0.05, 0.1) is 11.5 Å². The topological polar surface area (TPSA) is 91.3 Å². The molecule has 3 aliphatic carbocycles. The van der Waals surface area contributed by atoms with Gasteiger partial charge in [-0.3, -0.25) is 9.59 Å². The molecule has 116 valence electrons. The molecule has 6 heteroatoms. The number of hydrogen-bond acceptors (Lipinski definition) is 4. The van der Waals surface area contributed by atoms with Crippen molar-refractivity contribution < 1.29 is 14.7 Å². The zero-order valence-corrected chi connectivity index (χ0v) is 12.4. The quantitative estimate of drug-likeness (QED) is 0.736. The molecule has 1 aliphatic heterocycles. The van der Waals surface area contributed by atoms with Gasteiger partial charge in [0.25, 0.3) is 5.91 Å². The fourth-order valence-corrected chi connectivity index (χ4v) is 4.70. The van der Waals surface area contributed by atoms with E-state index in [9.17, 15) is 14.7 Å². The minimum atomic E-state index is -0.720. The highest BCUT2D eigenvalue weighted by molar-refractivity contribution is 6.01. The van der Waals surface area contributed by atoms with Crippen LogP contribution >= 0.6 is 0 Å². The Balaban J connectivity index is 1.73. The number of nitrogens with zero attached hydrogens (tertiary/aromatic N) is 1. The molecular weight excluding hydrogens is 282 g/mol. The molecule has 1 spiro atoms. The number of anilines is 1. The van der Waals surface area contributed by atoms with Gasteiger partial charge >= 0.3 is 5.97 Å². The smallest absolute Gasteiger partial charge is 0.307 e. The molecule has 1 amide bonds. The highest BCUT2D eigenvalue weighted by Crippen LogP contribution is 2.58. The molecule has 1 aromatic heterocycles. The summed E-state index contributed by atoms with van der Waals surface area (Å²) in [7, 11) is 0. The molecular formula is C16H19N3O3. The summed E-state index contributed by atoms with van der Waals surface area (Å²) in [4.78, 5) is 28.3. The molecule has 0 unspecified atom stereocenters. The lowest BCUT2D eigenvalue weighted by molar-refractivity contribution is -0.156. The van der Waals surface area contributed by atoms with Crippen LogP contribution in [0.1, 0.15) is 43.0 Å². The maximum atomic E-state index is 12.4. The highest BCUT2D eigenvalue weighted by Gasteiger charge is 2.60. The van der Waals surface area contributed by atoms with Crippen molar-refractivity contribution in [3.05, 3.63) is 23.9 Å². The first kappa shape index (κ1) is 13.5. The molecule has 4 atom stereocenters. The van der Waals surface area contributed by atoms with Gasteiger partial charge in [0.2, 0.25) is 0 Å². The summed E-state index contributed by atoms with van der Waals surface area (Å²) in [6.45, 7) is 2.03. The normalized spacial score (nSPS) is 39.0. The van der Waals surface area contributed by atoms with Crippen molar-refractivity contribution in [2.75, 3.05) is 5.32 Å². The number of nitrogens with one attached hydrogen (secondary N) is 2. The number of carboxylic acid groups (broad SMARTS) is 1. The summed E-state index contributed by atoms with van der Waals surface area (Å²) < 4.78 is 0. The van der Waals surface area contributed by atoms with Gasteiger partial charge in [-0.1, -0.05) is 6.92 Å².